The minimum atomic E-state index is -3.57. The summed E-state index contributed by atoms with van der Waals surface area (Å²) in [6, 6.07) is -0.276. The van der Waals surface area contributed by atoms with E-state index in [1.54, 1.807) is 6.92 Å². The summed E-state index contributed by atoms with van der Waals surface area (Å²) in [6.07, 6.45) is 1.26. The summed E-state index contributed by atoms with van der Waals surface area (Å²) in [5.74, 6) is 0. The first-order valence-electron chi connectivity index (χ1n) is 5.55. The van der Waals surface area contributed by atoms with Crippen LogP contribution in [0.2, 0.25) is 0 Å². The van der Waals surface area contributed by atoms with Crippen LogP contribution in [-0.4, -0.2) is 42.6 Å². The highest BCUT2D eigenvalue weighted by Gasteiger charge is 2.39. The van der Waals surface area contributed by atoms with Crippen molar-refractivity contribution in [2.75, 3.05) is 6.54 Å². The number of sulfonamides is 1. The molecule has 1 amide bonds. The third-order valence-electron chi connectivity index (χ3n) is 3.19. The molecule has 2 atom stereocenters. The largest absolute Gasteiger partial charge is 0.465 e. The summed E-state index contributed by atoms with van der Waals surface area (Å²) in [6.45, 7) is 8.90. The molecule has 1 saturated heterocycles. The summed E-state index contributed by atoms with van der Waals surface area (Å²) >= 11 is 0. The van der Waals surface area contributed by atoms with Gasteiger partial charge in [0.2, 0.25) is 10.0 Å². The van der Waals surface area contributed by atoms with Crippen LogP contribution in [0.25, 0.3) is 0 Å². The van der Waals surface area contributed by atoms with Gasteiger partial charge in [-0.25, -0.2) is 17.9 Å². The molecule has 1 heterocycles. The summed E-state index contributed by atoms with van der Waals surface area (Å²) in [5, 5.41) is 9.82. The topological polar surface area (TPSA) is 86.7 Å². The van der Waals surface area contributed by atoms with Crippen LogP contribution in [0.15, 0.2) is 24.6 Å². The number of nitrogens with zero attached hydrogens (tertiary/aromatic N) is 1. The van der Waals surface area contributed by atoms with Crippen molar-refractivity contribution in [3.63, 3.8) is 0 Å². The molecular weight excluding hydrogens is 256 g/mol. The smallest absolute Gasteiger partial charge is 0.407 e. The van der Waals surface area contributed by atoms with E-state index in [2.05, 4.69) is 17.9 Å². The Bertz CT molecular complexity index is 460. The minimum Gasteiger partial charge on any atom is -0.465 e. The standard InChI is InChI=1S/C11H18N2O4S/c1-4-11(12-18(16,17)5-2)6-7-13(10(14)15)9(3)8-11/h4-5,9,12H,1-2,6-8H2,3H3,(H,14,15)/t9-,11+/m0/s1. The average molecular weight is 274 g/mol. The summed E-state index contributed by atoms with van der Waals surface area (Å²) in [5.41, 5.74) is -0.807. The van der Waals surface area contributed by atoms with Gasteiger partial charge in [0, 0.05) is 18.0 Å². The molecule has 1 rings (SSSR count). The van der Waals surface area contributed by atoms with E-state index in [0.717, 1.165) is 5.41 Å². The fourth-order valence-corrected chi connectivity index (χ4v) is 3.13. The normalized spacial score (nSPS) is 28.7. The van der Waals surface area contributed by atoms with Crippen LogP contribution in [0.3, 0.4) is 0 Å². The van der Waals surface area contributed by atoms with Crippen LogP contribution in [0, 0.1) is 0 Å². The molecule has 0 unspecified atom stereocenters. The van der Waals surface area contributed by atoms with E-state index < -0.39 is 21.7 Å². The highest BCUT2D eigenvalue weighted by atomic mass is 32.2. The number of likely N-dealkylation sites (tertiary alicyclic amines) is 1. The molecule has 0 spiro atoms. The van der Waals surface area contributed by atoms with Crippen LogP contribution >= 0.6 is 0 Å². The molecule has 18 heavy (non-hydrogen) atoms. The van der Waals surface area contributed by atoms with Gasteiger partial charge in [-0.1, -0.05) is 12.7 Å². The van der Waals surface area contributed by atoms with Gasteiger partial charge in [0.05, 0.1) is 5.54 Å². The Kier molecular flexibility index (Phi) is 4.18. The first kappa shape index (κ1) is 14.7. The van der Waals surface area contributed by atoms with Crippen molar-refractivity contribution in [2.24, 2.45) is 0 Å². The lowest BCUT2D eigenvalue weighted by Crippen LogP contribution is -2.57. The van der Waals surface area contributed by atoms with Gasteiger partial charge in [-0.15, -0.1) is 6.58 Å². The summed E-state index contributed by atoms with van der Waals surface area (Å²) in [7, 11) is -3.57. The molecule has 6 nitrogen and oxygen atoms in total. The van der Waals surface area contributed by atoms with Crippen molar-refractivity contribution in [3.05, 3.63) is 24.6 Å². The van der Waals surface area contributed by atoms with Crippen molar-refractivity contribution in [2.45, 2.75) is 31.3 Å². The monoisotopic (exact) mass is 274 g/mol. The fraction of sp³-hybridized carbons (Fsp3) is 0.545. The Morgan fingerprint density at radius 2 is 2.17 bits per heavy atom. The maximum atomic E-state index is 11.5. The van der Waals surface area contributed by atoms with Gasteiger partial charge in [0.25, 0.3) is 0 Å². The van der Waals surface area contributed by atoms with Crippen LogP contribution in [0.1, 0.15) is 19.8 Å². The first-order chi connectivity index (χ1) is 8.25. The number of hydrogen-bond acceptors (Lipinski definition) is 3. The molecule has 0 radical (unpaired) electrons. The Morgan fingerprint density at radius 3 is 2.56 bits per heavy atom. The second kappa shape index (κ2) is 5.11. The molecule has 7 heteroatoms. The molecule has 1 aliphatic heterocycles. The molecule has 0 aromatic carbocycles. The van der Waals surface area contributed by atoms with Crippen LogP contribution in [-0.2, 0) is 10.0 Å². The van der Waals surface area contributed by atoms with Gasteiger partial charge in [-0.3, -0.25) is 0 Å². The van der Waals surface area contributed by atoms with Gasteiger partial charge >= 0.3 is 6.09 Å². The first-order valence-corrected chi connectivity index (χ1v) is 7.09. The maximum absolute atomic E-state index is 11.5. The van der Waals surface area contributed by atoms with Gasteiger partial charge in [-0.05, 0) is 19.8 Å². The number of amides is 1. The zero-order valence-electron chi connectivity index (χ0n) is 10.3. The number of carboxylic acid groups (broad SMARTS) is 1. The predicted molar refractivity (Wildman–Crippen MR) is 68.6 cm³/mol. The van der Waals surface area contributed by atoms with E-state index in [9.17, 15) is 13.2 Å². The third kappa shape index (κ3) is 3.11. The summed E-state index contributed by atoms with van der Waals surface area (Å²) < 4.78 is 25.6. The molecule has 102 valence electrons. The van der Waals surface area contributed by atoms with E-state index >= 15 is 0 Å². The number of carbonyl (C=O) groups is 1. The molecule has 0 aromatic heterocycles. The zero-order valence-corrected chi connectivity index (χ0v) is 11.1. The lowest BCUT2D eigenvalue weighted by atomic mass is 9.85. The van der Waals surface area contributed by atoms with Gasteiger partial charge in [0.15, 0.2) is 0 Å². The minimum absolute atomic E-state index is 0.266. The fourth-order valence-electron chi connectivity index (χ4n) is 2.21. The molecular formula is C11H18N2O4S. The highest BCUT2D eigenvalue weighted by Crippen LogP contribution is 2.28. The maximum Gasteiger partial charge on any atom is 0.407 e. The van der Waals surface area contributed by atoms with Gasteiger partial charge in [-0.2, -0.15) is 0 Å². The zero-order chi connectivity index (χ0) is 14.0. The molecule has 1 fully saturated rings. The SMILES string of the molecule is C=C[C@@]1(NS(=O)(=O)C=C)CCN(C(=O)O)[C@@H](C)C1. The average Bonchev–Trinajstić information content (AvgIpc) is 2.28. The highest BCUT2D eigenvalue weighted by molar-refractivity contribution is 7.92. The predicted octanol–water partition coefficient (Wildman–Crippen LogP) is 1.14. The Hall–Kier alpha value is -1.34. The van der Waals surface area contributed by atoms with Crippen molar-refractivity contribution in [1.82, 2.24) is 9.62 Å². The lowest BCUT2D eigenvalue weighted by Gasteiger charge is -2.42. The van der Waals surface area contributed by atoms with E-state index in [1.165, 1.54) is 11.0 Å². The Morgan fingerprint density at radius 1 is 1.56 bits per heavy atom. The molecule has 0 aromatic rings. The molecule has 0 bridgehead atoms. The van der Waals surface area contributed by atoms with E-state index in [0.29, 0.717) is 12.8 Å². The number of nitrogens with one attached hydrogen (secondary N) is 1. The van der Waals surface area contributed by atoms with Crippen LogP contribution < -0.4 is 4.72 Å². The Labute approximate surface area is 107 Å². The van der Waals surface area contributed by atoms with Gasteiger partial charge < -0.3 is 10.0 Å². The lowest BCUT2D eigenvalue weighted by molar-refractivity contribution is 0.0939. The number of hydrogen-bond donors (Lipinski definition) is 2. The quantitative estimate of drug-likeness (QED) is 0.752. The van der Waals surface area contributed by atoms with Crippen LogP contribution in [0.4, 0.5) is 4.79 Å². The molecule has 2 N–H and O–H groups in total. The third-order valence-corrected chi connectivity index (χ3v) is 4.32. The molecule has 1 aliphatic rings. The van der Waals surface area contributed by atoms with E-state index in [-0.39, 0.29) is 12.6 Å². The molecule has 0 aliphatic carbocycles. The van der Waals surface area contributed by atoms with Crippen molar-refractivity contribution < 1.29 is 18.3 Å². The second-order valence-electron chi connectivity index (χ2n) is 4.45. The van der Waals surface area contributed by atoms with Crippen molar-refractivity contribution >= 4 is 16.1 Å². The molecule has 0 saturated carbocycles. The summed E-state index contributed by atoms with van der Waals surface area (Å²) in [4.78, 5) is 12.2. The van der Waals surface area contributed by atoms with Gasteiger partial charge in [0.1, 0.15) is 0 Å². The van der Waals surface area contributed by atoms with E-state index in [1.807, 2.05) is 0 Å². The number of piperidine rings is 1. The Balaban J connectivity index is 2.91. The second-order valence-corrected chi connectivity index (χ2v) is 6.08. The van der Waals surface area contributed by atoms with Crippen LogP contribution in [0.5, 0.6) is 0 Å². The van der Waals surface area contributed by atoms with E-state index in [4.69, 9.17) is 5.11 Å². The van der Waals surface area contributed by atoms with Crippen molar-refractivity contribution in [3.8, 4) is 0 Å². The van der Waals surface area contributed by atoms with Crippen molar-refractivity contribution in [1.29, 1.82) is 0 Å². The number of rotatable bonds is 4.